The Bertz CT molecular complexity index is 407. The summed E-state index contributed by atoms with van der Waals surface area (Å²) in [5.74, 6) is -0.492. The number of rotatable bonds is 7. The molecule has 1 amide bonds. The van der Waals surface area contributed by atoms with Gasteiger partial charge in [0.25, 0.3) is 0 Å². The molecule has 20 heavy (non-hydrogen) atoms. The molecule has 1 unspecified atom stereocenters. The zero-order valence-electron chi connectivity index (χ0n) is 11.2. The number of halogens is 3. The fourth-order valence-electron chi connectivity index (χ4n) is 1.82. The zero-order chi connectivity index (χ0) is 15.0. The van der Waals surface area contributed by atoms with Crippen LogP contribution in [0.3, 0.4) is 0 Å². The number of carbonyl (C=O) groups is 1. The second-order valence-electron chi connectivity index (χ2n) is 4.33. The number of hydrogen-bond acceptors (Lipinski definition) is 2. The van der Waals surface area contributed by atoms with E-state index in [0.29, 0.717) is 6.42 Å². The lowest BCUT2D eigenvalue weighted by Crippen LogP contribution is -2.32. The van der Waals surface area contributed by atoms with Gasteiger partial charge in [0.2, 0.25) is 5.91 Å². The molecule has 0 aliphatic heterocycles. The van der Waals surface area contributed by atoms with Crippen LogP contribution in [0.4, 0.5) is 13.2 Å². The Balaban J connectivity index is 2.34. The third kappa shape index (κ3) is 6.06. The van der Waals surface area contributed by atoms with Crippen LogP contribution in [0.2, 0.25) is 0 Å². The summed E-state index contributed by atoms with van der Waals surface area (Å²) in [4.78, 5) is 11.9. The summed E-state index contributed by atoms with van der Waals surface area (Å²) in [6.07, 6.45) is -3.71. The monoisotopic (exact) mass is 289 g/mol. The largest absolute Gasteiger partial charge is 0.411 e. The molecule has 0 aliphatic rings. The molecule has 0 aliphatic carbocycles. The van der Waals surface area contributed by atoms with Gasteiger partial charge in [0.15, 0.2) is 0 Å². The van der Waals surface area contributed by atoms with E-state index in [1.165, 1.54) is 0 Å². The lowest BCUT2D eigenvalue weighted by Gasteiger charge is -2.15. The molecule has 3 nitrogen and oxygen atoms in total. The van der Waals surface area contributed by atoms with Crippen molar-refractivity contribution in [1.29, 1.82) is 0 Å². The predicted molar refractivity (Wildman–Crippen MR) is 69.4 cm³/mol. The number of hydrogen-bond donors (Lipinski definition) is 1. The Hall–Kier alpha value is -1.56. The van der Waals surface area contributed by atoms with Crippen molar-refractivity contribution >= 4 is 5.91 Å². The number of benzene rings is 1. The van der Waals surface area contributed by atoms with E-state index in [9.17, 15) is 18.0 Å². The van der Waals surface area contributed by atoms with E-state index in [-0.39, 0.29) is 25.0 Å². The topological polar surface area (TPSA) is 38.3 Å². The smallest absolute Gasteiger partial charge is 0.370 e. The highest BCUT2D eigenvalue weighted by molar-refractivity contribution is 5.83. The highest BCUT2D eigenvalue weighted by Crippen LogP contribution is 2.19. The van der Waals surface area contributed by atoms with Gasteiger partial charge in [-0.3, -0.25) is 4.79 Å². The average molecular weight is 289 g/mol. The second-order valence-corrected chi connectivity index (χ2v) is 4.33. The van der Waals surface area contributed by atoms with E-state index in [1.807, 2.05) is 37.3 Å². The van der Waals surface area contributed by atoms with Crippen LogP contribution >= 0.6 is 0 Å². The first-order valence-corrected chi connectivity index (χ1v) is 6.41. The molecule has 6 heteroatoms. The Labute approximate surface area is 116 Å². The summed E-state index contributed by atoms with van der Waals surface area (Å²) in [6, 6.07) is 9.26. The van der Waals surface area contributed by atoms with Crippen molar-refractivity contribution in [2.24, 2.45) is 0 Å². The van der Waals surface area contributed by atoms with Gasteiger partial charge in [0.05, 0.1) is 12.5 Å². The Kier molecular flexibility index (Phi) is 6.51. The molecule has 1 N–H and O–H groups in total. The standard InChI is InChI=1S/C14H18F3NO2/c1-2-12(11-6-4-3-5-7-11)13(19)18-8-9-20-10-14(15,16)17/h3-7,12H,2,8-10H2,1H3,(H,18,19). The number of nitrogens with one attached hydrogen (secondary N) is 1. The minimum absolute atomic E-state index is 0.0677. The number of amides is 1. The van der Waals surface area contributed by atoms with Crippen LogP contribution in [0.1, 0.15) is 24.8 Å². The van der Waals surface area contributed by atoms with Crippen LogP contribution < -0.4 is 5.32 Å². The van der Waals surface area contributed by atoms with E-state index in [2.05, 4.69) is 10.1 Å². The van der Waals surface area contributed by atoms with E-state index < -0.39 is 12.8 Å². The highest BCUT2D eigenvalue weighted by Gasteiger charge is 2.27. The molecule has 0 bridgehead atoms. The number of ether oxygens (including phenoxy) is 1. The van der Waals surface area contributed by atoms with Crippen LogP contribution in [-0.4, -0.2) is 31.8 Å². The van der Waals surface area contributed by atoms with Gasteiger partial charge in [-0.25, -0.2) is 0 Å². The summed E-state index contributed by atoms with van der Waals surface area (Å²) in [7, 11) is 0. The van der Waals surface area contributed by atoms with Gasteiger partial charge < -0.3 is 10.1 Å². The number of carbonyl (C=O) groups excluding carboxylic acids is 1. The molecule has 0 heterocycles. The van der Waals surface area contributed by atoms with Gasteiger partial charge in [-0.15, -0.1) is 0 Å². The lowest BCUT2D eigenvalue weighted by atomic mass is 9.96. The first kappa shape index (κ1) is 16.5. The van der Waals surface area contributed by atoms with Gasteiger partial charge in [0.1, 0.15) is 6.61 Å². The first-order valence-electron chi connectivity index (χ1n) is 6.41. The van der Waals surface area contributed by atoms with E-state index in [4.69, 9.17) is 0 Å². The molecule has 1 aromatic carbocycles. The van der Waals surface area contributed by atoms with Crippen molar-refractivity contribution in [2.75, 3.05) is 19.8 Å². The summed E-state index contributed by atoms with van der Waals surface area (Å²) in [5, 5.41) is 2.59. The second kappa shape index (κ2) is 7.89. The highest BCUT2D eigenvalue weighted by atomic mass is 19.4. The van der Waals surface area contributed by atoms with E-state index in [0.717, 1.165) is 5.56 Å². The summed E-state index contributed by atoms with van der Waals surface area (Å²) in [5.41, 5.74) is 0.892. The van der Waals surface area contributed by atoms with E-state index >= 15 is 0 Å². The summed E-state index contributed by atoms with van der Waals surface area (Å²) >= 11 is 0. The third-order valence-corrected chi connectivity index (χ3v) is 2.74. The third-order valence-electron chi connectivity index (χ3n) is 2.74. The summed E-state index contributed by atoms with van der Waals surface area (Å²) in [6.45, 7) is 0.505. The minimum Gasteiger partial charge on any atom is -0.370 e. The van der Waals surface area contributed by atoms with Crippen molar-refractivity contribution in [3.8, 4) is 0 Å². The van der Waals surface area contributed by atoms with Crippen molar-refractivity contribution < 1.29 is 22.7 Å². The summed E-state index contributed by atoms with van der Waals surface area (Å²) < 4.78 is 39.9. The van der Waals surface area contributed by atoms with Gasteiger partial charge in [-0.05, 0) is 12.0 Å². The minimum atomic E-state index is -4.33. The normalized spacial score (nSPS) is 13.0. The van der Waals surface area contributed by atoms with Crippen molar-refractivity contribution in [3.05, 3.63) is 35.9 Å². The van der Waals surface area contributed by atoms with Gasteiger partial charge >= 0.3 is 6.18 Å². The van der Waals surface area contributed by atoms with Crippen LogP contribution in [0.25, 0.3) is 0 Å². The fraction of sp³-hybridized carbons (Fsp3) is 0.500. The maximum Gasteiger partial charge on any atom is 0.411 e. The Morgan fingerprint density at radius 1 is 1.30 bits per heavy atom. The number of alkyl halides is 3. The molecule has 0 saturated heterocycles. The molecule has 112 valence electrons. The van der Waals surface area contributed by atoms with Crippen LogP contribution in [0.5, 0.6) is 0 Å². The van der Waals surface area contributed by atoms with Gasteiger partial charge in [0, 0.05) is 6.54 Å². The SMILES string of the molecule is CCC(C(=O)NCCOCC(F)(F)F)c1ccccc1. The van der Waals surface area contributed by atoms with Crippen LogP contribution in [0.15, 0.2) is 30.3 Å². The molecule has 0 spiro atoms. The maximum absolute atomic E-state index is 11.9. The molecule has 1 aromatic rings. The predicted octanol–water partition coefficient (Wildman–Crippen LogP) is 2.88. The molecule has 0 saturated carbocycles. The van der Waals surface area contributed by atoms with E-state index in [1.54, 1.807) is 0 Å². The molecular formula is C14H18F3NO2. The first-order chi connectivity index (χ1) is 9.44. The van der Waals surface area contributed by atoms with Crippen molar-refractivity contribution in [1.82, 2.24) is 5.32 Å². The fourth-order valence-corrected chi connectivity index (χ4v) is 1.82. The molecule has 0 fully saturated rings. The molecule has 1 atom stereocenters. The van der Waals surface area contributed by atoms with Crippen molar-refractivity contribution in [3.63, 3.8) is 0 Å². The molecular weight excluding hydrogens is 271 g/mol. The average Bonchev–Trinajstić information content (AvgIpc) is 2.39. The lowest BCUT2D eigenvalue weighted by molar-refractivity contribution is -0.173. The molecule has 1 rings (SSSR count). The Morgan fingerprint density at radius 3 is 2.50 bits per heavy atom. The maximum atomic E-state index is 11.9. The molecule has 0 aromatic heterocycles. The van der Waals surface area contributed by atoms with Crippen molar-refractivity contribution in [2.45, 2.75) is 25.4 Å². The van der Waals surface area contributed by atoms with Gasteiger partial charge in [-0.2, -0.15) is 13.2 Å². The zero-order valence-corrected chi connectivity index (χ0v) is 11.2. The van der Waals surface area contributed by atoms with Crippen LogP contribution in [-0.2, 0) is 9.53 Å². The Morgan fingerprint density at radius 2 is 1.95 bits per heavy atom. The molecule has 0 radical (unpaired) electrons. The van der Waals surface area contributed by atoms with Crippen LogP contribution in [0, 0.1) is 0 Å². The quantitative estimate of drug-likeness (QED) is 0.784. The van der Waals surface area contributed by atoms with Gasteiger partial charge in [-0.1, -0.05) is 37.3 Å².